The van der Waals surface area contributed by atoms with E-state index in [1.165, 1.54) is 38.3 Å². The lowest BCUT2D eigenvalue weighted by atomic mass is 10.0. The number of pyridine rings is 2. The van der Waals surface area contributed by atoms with Gasteiger partial charge in [0.1, 0.15) is 0 Å². The molecular weight excluding hydrogens is 719 g/mol. The number of hydrogen-bond donors (Lipinski definition) is 0. The standard InChI is InChI=1S/C54H37N5/c1-3-11-43(12-4-1)57-36-33-41-23-31-48-49-37-42(24-32-52(49)59(54(48)53(41)57)44-13-5-2-6-14-44)38-17-25-45(26-18-38)58(46-27-19-39(20-28-46)50-15-7-9-34-55-50)47-29-21-40(22-30-47)51-16-8-10-35-56-51/h1-37H. The van der Waals surface area contributed by atoms with Gasteiger partial charge in [-0.15, -0.1) is 0 Å². The van der Waals surface area contributed by atoms with Crippen LogP contribution >= 0.6 is 0 Å². The van der Waals surface area contributed by atoms with Gasteiger partial charge < -0.3 is 14.0 Å². The van der Waals surface area contributed by atoms with Gasteiger partial charge in [0, 0.05) is 74.3 Å². The molecule has 0 spiro atoms. The highest BCUT2D eigenvalue weighted by Gasteiger charge is 2.19. The van der Waals surface area contributed by atoms with Crippen molar-refractivity contribution in [1.82, 2.24) is 19.1 Å². The topological polar surface area (TPSA) is 38.9 Å². The van der Waals surface area contributed by atoms with E-state index in [4.69, 9.17) is 0 Å². The van der Waals surface area contributed by atoms with Crippen molar-refractivity contribution in [3.05, 3.63) is 225 Å². The number of nitrogens with zero attached hydrogens (tertiary/aromatic N) is 5. The van der Waals surface area contributed by atoms with E-state index in [2.05, 4.69) is 200 Å². The summed E-state index contributed by atoms with van der Waals surface area (Å²) in [6.07, 6.45) is 5.86. The predicted octanol–water partition coefficient (Wildman–Crippen LogP) is 14.0. The quantitative estimate of drug-likeness (QED) is 0.155. The van der Waals surface area contributed by atoms with E-state index < -0.39 is 0 Å². The first kappa shape index (κ1) is 34.2. The van der Waals surface area contributed by atoms with E-state index in [1.54, 1.807) is 0 Å². The van der Waals surface area contributed by atoms with Crippen LogP contribution in [0.2, 0.25) is 0 Å². The smallest absolute Gasteiger partial charge is 0.0788 e. The predicted molar refractivity (Wildman–Crippen MR) is 244 cm³/mol. The summed E-state index contributed by atoms with van der Waals surface area (Å²) in [5, 5.41) is 3.65. The van der Waals surface area contributed by atoms with Crippen LogP contribution in [-0.2, 0) is 0 Å². The lowest BCUT2D eigenvalue weighted by Gasteiger charge is -2.26. The Kier molecular flexibility index (Phi) is 8.41. The second-order valence-electron chi connectivity index (χ2n) is 14.7. The molecule has 0 aliphatic heterocycles. The maximum Gasteiger partial charge on any atom is 0.0788 e. The van der Waals surface area contributed by atoms with E-state index >= 15 is 0 Å². The van der Waals surface area contributed by atoms with Gasteiger partial charge >= 0.3 is 0 Å². The molecule has 5 nitrogen and oxygen atoms in total. The van der Waals surface area contributed by atoms with Gasteiger partial charge in [-0.1, -0.05) is 103 Å². The number of benzene rings is 7. The number of fused-ring (bicyclic) bond motifs is 5. The van der Waals surface area contributed by atoms with Crippen molar-refractivity contribution >= 4 is 49.8 Å². The zero-order chi connectivity index (χ0) is 39.1. The van der Waals surface area contributed by atoms with Crippen molar-refractivity contribution < 1.29 is 0 Å². The van der Waals surface area contributed by atoms with E-state index in [-0.39, 0.29) is 0 Å². The number of anilines is 3. The highest BCUT2D eigenvalue weighted by molar-refractivity contribution is 6.18. The summed E-state index contributed by atoms with van der Waals surface area (Å²) < 4.78 is 4.75. The Morgan fingerprint density at radius 2 is 0.898 bits per heavy atom. The average molecular weight is 756 g/mol. The third-order valence-corrected chi connectivity index (χ3v) is 11.3. The van der Waals surface area contributed by atoms with Gasteiger partial charge in [0.2, 0.25) is 0 Å². The molecule has 7 aromatic carbocycles. The number of para-hydroxylation sites is 2. The molecule has 278 valence electrons. The Labute approximate surface area is 342 Å². The fourth-order valence-corrected chi connectivity index (χ4v) is 8.43. The zero-order valence-corrected chi connectivity index (χ0v) is 32.1. The number of aromatic nitrogens is 4. The van der Waals surface area contributed by atoms with Gasteiger partial charge in [0.25, 0.3) is 0 Å². The first-order valence-corrected chi connectivity index (χ1v) is 19.9. The van der Waals surface area contributed by atoms with Crippen LogP contribution in [-0.4, -0.2) is 19.1 Å². The molecule has 0 fully saturated rings. The SMILES string of the molecule is c1ccc(-n2ccc3ccc4c5cc(-c6ccc(N(c7ccc(-c8ccccn8)cc7)c7ccc(-c8ccccn8)cc7)cc6)ccc5n(-c5ccccc5)c4c32)cc1. The molecule has 0 saturated carbocycles. The van der Waals surface area contributed by atoms with Crippen LogP contribution in [0.3, 0.4) is 0 Å². The Balaban J connectivity index is 1.02. The largest absolute Gasteiger partial charge is 0.315 e. The molecule has 4 heterocycles. The molecule has 0 amide bonds. The van der Waals surface area contributed by atoms with Crippen LogP contribution in [0.4, 0.5) is 17.1 Å². The lowest BCUT2D eigenvalue weighted by molar-refractivity contribution is 1.12. The van der Waals surface area contributed by atoms with Crippen LogP contribution in [0.25, 0.3) is 77.7 Å². The highest BCUT2D eigenvalue weighted by atomic mass is 15.1. The van der Waals surface area contributed by atoms with Crippen molar-refractivity contribution in [1.29, 1.82) is 0 Å². The van der Waals surface area contributed by atoms with E-state index in [1.807, 2.05) is 48.8 Å². The molecular formula is C54H37N5. The summed E-state index contributed by atoms with van der Waals surface area (Å²) in [5.41, 5.74) is 15.4. The van der Waals surface area contributed by atoms with Gasteiger partial charge in [0.15, 0.2) is 0 Å². The molecule has 59 heavy (non-hydrogen) atoms. The first-order chi connectivity index (χ1) is 29.3. The molecule has 0 radical (unpaired) electrons. The summed E-state index contributed by atoms with van der Waals surface area (Å²) >= 11 is 0. The van der Waals surface area contributed by atoms with E-state index in [9.17, 15) is 0 Å². The second-order valence-corrected chi connectivity index (χ2v) is 14.7. The normalized spacial score (nSPS) is 11.4. The molecule has 0 atom stereocenters. The Morgan fingerprint density at radius 1 is 0.373 bits per heavy atom. The molecule has 11 rings (SSSR count). The molecule has 0 aliphatic carbocycles. The number of rotatable bonds is 8. The minimum atomic E-state index is 0.952. The third-order valence-electron chi connectivity index (χ3n) is 11.3. The minimum absolute atomic E-state index is 0.952. The maximum absolute atomic E-state index is 4.57. The van der Waals surface area contributed by atoms with Gasteiger partial charge in [-0.2, -0.15) is 0 Å². The van der Waals surface area contributed by atoms with Crippen LogP contribution < -0.4 is 4.90 Å². The summed E-state index contributed by atoms with van der Waals surface area (Å²) in [5.74, 6) is 0. The summed E-state index contributed by atoms with van der Waals surface area (Å²) in [4.78, 5) is 11.5. The average Bonchev–Trinajstić information content (AvgIpc) is 3.90. The molecule has 0 bridgehead atoms. The lowest BCUT2D eigenvalue weighted by Crippen LogP contribution is -2.09. The first-order valence-electron chi connectivity index (χ1n) is 19.9. The van der Waals surface area contributed by atoms with Gasteiger partial charge in [-0.3, -0.25) is 9.97 Å². The van der Waals surface area contributed by atoms with Gasteiger partial charge in [-0.25, -0.2) is 0 Å². The Hall–Kier alpha value is -8.02. The Morgan fingerprint density at radius 3 is 1.46 bits per heavy atom. The van der Waals surface area contributed by atoms with Crippen molar-refractivity contribution in [2.45, 2.75) is 0 Å². The fraction of sp³-hybridized carbons (Fsp3) is 0. The van der Waals surface area contributed by atoms with Crippen molar-refractivity contribution in [3.8, 4) is 45.0 Å². The monoisotopic (exact) mass is 755 g/mol. The van der Waals surface area contributed by atoms with Gasteiger partial charge in [0.05, 0.1) is 27.9 Å². The molecule has 0 N–H and O–H groups in total. The van der Waals surface area contributed by atoms with Crippen molar-refractivity contribution in [3.63, 3.8) is 0 Å². The Bertz CT molecular complexity index is 3130. The molecule has 0 unspecified atom stereocenters. The third kappa shape index (κ3) is 6.13. The summed E-state index contributed by atoms with van der Waals surface area (Å²) in [7, 11) is 0. The van der Waals surface area contributed by atoms with Crippen LogP contribution in [0.5, 0.6) is 0 Å². The fourth-order valence-electron chi connectivity index (χ4n) is 8.43. The second kappa shape index (κ2) is 14.5. The van der Waals surface area contributed by atoms with Crippen LogP contribution in [0, 0.1) is 0 Å². The van der Waals surface area contributed by atoms with Gasteiger partial charge in [-0.05, 0) is 114 Å². The minimum Gasteiger partial charge on any atom is -0.315 e. The summed E-state index contributed by atoms with van der Waals surface area (Å²) in [6, 6.07) is 73.2. The zero-order valence-electron chi connectivity index (χ0n) is 32.1. The maximum atomic E-state index is 4.57. The van der Waals surface area contributed by atoms with Crippen LogP contribution in [0.15, 0.2) is 225 Å². The molecule has 0 aliphatic rings. The number of hydrogen-bond acceptors (Lipinski definition) is 3. The molecule has 5 heteroatoms. The van der Waals surface area contributed by atoms with Crippen molar-refractivity contribution in [2.24, 2.45) is 0 Å². The molecule has 4 aromatic heterocycles. The van der Waals surface area contributed by atoms with Crippen LogP contribution in [0.1, 0.15) is 0 Å². The summed E-state index contributed by atoms with van der Waals surface area (Å²) in [6.45, 7) is 0. The highest BCUT2D eigenvalue weighted by Crippen LogP contribution is 2.41. The molecule has 11 aromatic rings. The van der Waals surface area contributed by atoms with Crippen molar-refractivity contribution in [2.75, 3.05) is 4.90 Å². The molecule has 0 saturated heterocycles. The van der Waals surface area contributed by atoms with E-state index in [0.717, 1.165) is 56.5 Å². The van der Waals surface area contributed by atoms with E-state index in [0.29, 0.717) is 0 Å².